The van der Waals surface area contributed by atoms with Crippen molar-refractivity contribution in [3.05, 3.63) is 17.0 Å². The van der Waals surface area contributed by atoms with Gasteiger partial charge in [-0.05, 0) is 63.4 Å². The number of carbonyl (C=O) groups excluding carboxylic acids is 1. The third-order valence-electron chi connectivity index (χ3n) is 7.22. The highest BCUT2D eigenvalue weighted by Gasteiger charge is 2.32. The summed E-state index contributed by atoms with van der Waals surface area (Å²) in [5.41, 5.74) is 3.76. The SMILES string of the molecule is Cc1nn(C2CCCCC2)c2c1CCN(C(=O)C[C@H]1CC[C@H](C(=O)O)CC1)C2. The van der Waals surface area contributed by atoms with Crippen molar-refractivity contribution in [2.75, 3.05) is 6.54 Å². The third kappa shape index (κ3) is 3.96. The molecule has 2 aliphatic carbocycles. The molecule has 0 radical (unpaired) electrons. The van der Waals surface area contributed by atoms with Crippen LogP contribution in [0, 0.1) is 18.8 Å². The number of nitrogens with zero attached hydrogens (tertiary/aromatic N) is 3. The first kappa shape index (κ1) is 19.5. The molecular formula is C22H33N3O3. The minimum absolute atomic E-state index is 0.211. The van der Waals surface area contributed by atoms with Crippen molar-refractivity contribution < 1.29 is 14.7 Å². The van der Waals surface area contributed by atoms with Crippen LogP contribution in [0.4, 0.5) is 0 Å². The molecule has 6 nitrogen and oxygen atoms in total. The average molecular weight is 388 g/mol. The van der Waals surface area contributed by atoms with E-state index >= 15 is 0 Å². The quantitative estimate of drug-likeness (QED) is 0.851. The van der Waals surface area contributed by atoms with Gasteiger partial charge >= 0.3 is 5.97 Å². The highest BCUT2D eigenvalue weighted by atomic mass is 16.4. The van der Waals surface area contributed by atoms with Gasteiger partial charge in [-0.15, -0.1) is 0 Å². The maximum absolute atomic E-state index is 13.0. The van der Waals surface area contributed by atoms with Crippen molar-refractivity contribution in [1.82, 2.24) is 14.7 Å². The highest BCUT2D eigenvalue weighted by Crippen LogP contribution is 2.34. The summed E-state index contributed by atoms with van der Waals surface area (Å²) in [4.78, 5) is 26.1. The van der Waals surface area contributed by atoms with Crippen molar-refractivity contribution in [3.8, 4) is 0 Å². The molecule has 6 heteroatoms. The lowest BCUT2D eigenvalue weighted by Crippen LogP contribution is -2.38. The summed E-state index contributed by atoms with van der Waals surface area (Å²) in [7, 11) is 0. The lowest BCUT2D eigenvalue weighted by molar-refractivity contribution is -0.143. The van der Waals surface area contributed by atoms with Gasteiger partial charge in [-0.1, -0.05) is 19.3 Å². The van der Waals surface area contributed by atoms with Crippen molar-refractivity contribution in [2.45, 2.75) is 90.1 Å². The number of carboxylic acids is 1. The maximum atomic E-state index is 13.0. The van der Waals surface area contributed by atoms with Crippen LogP contribution in [-0.2, 0) is 22.6 Å². The van der Waals surface area contributed by atoms with Crippen LogP contribution in [-0.4, -0.2) is 38.2 Å². The van der Waals surface area contributed by atoms with E-state index in [4.69, 9.17) is 10.2 Å². The fourth-order valence-electron chi connectivity index (χ4n) is 5.46. The van der Waals surface area contributed by atoms with Crippen molar-refractivity contribution >= 4 is 11.9 Å². The van der Waals surface area contributed by atoms with Crippen LogP contribution >= 0.6 is 0 Å². The molecule has 2 heterocycles. The monoisotopic (exact) mass is 387 g/mol. The van der Waals surface area contributed by atoms with Crippen LogP contribution < -0.4 is 0 Å². The smallest absolute Gasteiger partial charge is 0.306 e. The molecule has 4 rings (SSSR count). The molecule has 2 saturated carbocycles. The number of aromatic nitrogens is 2. The zero-order valence-electron chi connectivity index (χ0n) is 17.0. The molecule has 154 valence electrons. The number of aliphatic carboxylic acids is 1. The number of carboxylic acid groups (broad SMARTS) is 1. The van der Waals surface area contributed by atoms with Gasteiger partial charge in [0.15, 0.2) is 0 Å². The van der Waals surface area contributed by atoms with Crippen LogP contribution in [0.3, 0.4) is 0 Å². The number of hydrogen-bond donors (Lipinski definition) is 1. The van der Waals surface area contributed by atoms with Crippen LogP contribution in [0.2, 0.25) is 0 Å². The molecule has 28 heavy (non-hydrogen) atoms. The van der Waals surface area contributed by atoms with E-state index in [9.17, 15) is 9.59 Å². The predicted octanol–water partition coefficient (Wildman–Crippen LogP) is 3.86. The second kappa shape index (κ2) is 8.26. The molecule has 0 saturated heterocycles. The standard InChI is InChI=1S/C22H33N3O3/c1-15-19-11-12-24(14-20(19)25(23-15)18-5-3-2-4-6-18)21(26)13-16-7-9-17(10-8-16)22(27)28/h16-18H,2-14H2,1H3,(H,27,28)/t16-,17-. The zero-order chi connectivity index (χ0) is 19.7. The van der Waals surface area contributed by atoms with Gasteiger partial charge in [0.25, 0.3) is 0 Å². The Kier molecular flexibility index (Phi) is 5.74. The van der Waals surface area contributed by atoms with Crippen LogP contribution in [0.25, 0.3) is 0 Å². The van der Waals surface area contributed by atoms with Gasteiger partial charge in [0.1, 0.15) is 0 Å². The molecule has 2 fully saturated rings. The summed E-state index contributed by atoms with van der Waals surface area (Å²) >= 11 is 0. The normalized spacial score (nSPS) is 26.1. The molecule has 1 N–H and O–H groups in total. The van der Waals surface area contributed by atoms with Gasteiger partial charge < -0.3 is 10.0 Å². The molecule has 1 aromatic rings. The summed E-state index contributed by atoms with van der Waals surface area (Å²) in [6, 6.07) is 0.498. The van der Waals surface area contributed by atoms with E-state index in [0.29, 0.717) is 37.8 Å². The maximum Gasteiger partial charge on any atom is 0.306 e. The number of fused-ring (bicyclic) bond motifs is 1. The van der Waals surface area contributed by atoms with Gasteiger partial charge in [0.2, 0.25) is 5.91 Å². The van der Waals surface area contributed by atoms with E-state index in [1.165, 1.54) is 43.4 Å². The Morgan fingerprint density at radius 2 is 1.79 bits per heavy atom. The van der Waals surface area contributed by atoms with Crippen molar-refractivity contribution in [1.29, 1.82) is 0 Å². The van der Waals surface area contributed by atoms with Crippen LogP contribution in [0.1, 0.15) is 87.2 Å². The first-order chi connectivity index (χ1) is 13.5. The average Bonchev–Trinajstić information content (AvgIpc) is 3.05. The topological polar surface area (TPSA) is 75.4 Å². The Morgan fingerprint density at radius 1 is 1.07 bits per heavy atom. The molecule has 1 aliphatic heterocycles. The fourth-order valence-corrected chi connectivity index (χ4v) is 5.46. The van der Waals surface area contributed by atoms with Gasteiger partial charge in [0.05, 0.1) is 29.9 Å². The first-order valence-electron chi connectivity index (χ1n) is 11.1. The summed E-state index contributed by atoms with van der Waals surface area (Å²) in [5.74, 6) is -0.315. The number of rotatable bonds is 4. The molecular weight excluding hydrogens is 354 g/mol. The van der Waals surface area contributed by atoms with E-state index in [-0.39, 0.29) is 11.8 Å². The number of amides is 1. The third-order valence-corrected chi connectivity index (χ3v) is 7.22. The summed E-state index contributed by atoms with van der Waals surface area (Å²) in [6.45, 7) is 3.58. The van der Waals surface area contributed by atoms with E-state index in [1.807, 2.05) is 4.90 Å². The van der Waals surface area contributed by atoms with E-state index in [1.54, 1.807) is 0 Å². The Bertz CT molecular complexity index is 728. The lowest BCUT2D eigenvalue weighted by atomic mass is 9.80. The van der Waals surface area contributed by atoms with Crippen LogP contribution in [0.5, 0.6) is 0 Å². The van der Waals surface area contributed by atoms with Crippen molar-refractivity contribution in [2.24, 2.45) is 11.8 Å². The summed E-state index contributed by atoms with van der Waals surface area (Å²) in [6.07, 6.45) is 10.9. The number of carbonyl (C=O) groups is 2. The minimum atomic E-state index is -0.681. The highest BCUT2D eigenvalue weighted by molar-refractivity contribution is 5.77. The molecule has 0 bridgehead atoms. The van der Waals surface area contributed by atoms with Gasteiger partial charge in [-0.25, -0.2) is 0 Å². The van der Waals surface area contributed by atoms with Gasteiger partial charge in [-0.3, -0.25) is 14.3 Å². The summed E-state index contributed by atoms with van der Waals surface area (Å²) in [5, 5.41) is 14.0. The van der Waals surface area contributed by atoms with Gasteiger partial charge in [0, 0.05) is 13.0 Å². The second-order valence-electron chi connectivity index (χ2n) is 9.07. The fraction of sp³-hybridized carbons (Fsp3) is 0.773. The van der Waals surface area contributed by atoms with E-state index < -0.39 is 5.97 Å². The van der Waals surface area contributed by atoms with Crippen LogP contribution in [0.15, 0.2) is 0 Å². The van der Waals surface area contributed by atoms with E-state index in [0.717, 1.165) is 31.5 Å². The molecule has 0 unspecified atom stereocenters. The predicted molar refractivity (Wildman–Crippen MR) is 106 cm³/mol. The Balaban J connectivity index is 1.39. The lowest BCUT2D eigenvalue weighted by Gasteiger charge is -2.32. The zero-order valence-corrected chi connectivity index (χ0v) is 17.0. The molecule has 3 aliphatic rings. The van der Waals surface area contributed by atoms with Gasteiger partial charge in [-0.2, -0.15) is 5.10 Å². The number of aryl methyl sites for hydroxylation is 1. The van der Waals surface area contributed by atoms with Crippen molar-refractivity contribution in [3.63, 3.8) is 0 Å². The Labute approximate surface area is 167 Å². The second-order valence-corrected chi connectivity index (χ2v) is 9.07. The minimum Gasteiger partial charge on any atom is -0.481 e. The molecule has 0 atom stereocenters. The molecule has 0 spiro atoms. The van der Waals surface area contributed by atoms with E-state index in [2.05, 4.69) is 11.6 Å². The summed E-state index contributed by atoms with van der Waals surface area (Å²) < 4.78 is 2.25. The first-order valence-corrected chi connectivity index (χ1v) is 11.1. The Hall–Kier alpha value is -1.85. The molecule has 0 aromatic carbocycles. The molecule has 1 aromatic heterocycles. The molecule has 1 amide bonds. The largest absolute Gasteiger partial charge is 0.481 e. The Morgan fingerprint density at radius 3 is 2.46 bits per heavy atom. The number of hydrogen-bond acceptors (Lipinski definition) is 3.